The molecule has 27 heavy (non-hydrogen) atoms. The molecule has 0 aliphatic rings. The van der Waals surface area contributed by atoms with Gasteiger partial charge in [0.1, 0.15) is 0 Å². The molecule has 0 bridgehead atoms. The Kier molecular flexibility index (Phi) is 5.87. The summed E-state index contributed by atoms with van der Waals surface area (Å²) in [5.74, 6) is -0.831. The monoisotopic (exact) mass is 385 g/mol. The molecule has 0 saturated carbocycles. The van der Waals surface area contributed by atoms with E-state index in [-0.39, 0.29) is 23.4 Å². The van der Waals surface area contributed by atoms with Crippen LogP contribution in [0.2, 0.25) is 0 Å². The first kappa shape index (κ1) is 18.7. The standard InChI is InChI=1S/C19H19N3O4S/c1-13(16-9-6-10-27-16)20-17(23)12-26-19(24)18-15(25-2)11-22(21-18)14-7-4-3-5-8-14/h3-11,13H,12H2,1-2H3,(H,20,23)/t13-/m0/s1. The van der Waals surface area contributed by atoms with Gasteiger partial charge in [0.15, 0.2) is 12.4 Å². The average Bonchev–Trinajstić information content (AvgIpc) is 3.36. The minimum Gasteiger partial charge on any atom is -0.493 e. The number of ether oxygens (including phenoxy) is 2. The van der Waals surface area contributed by atoms with Crippen molar-refractivity contribution in [2.45, 2.75) is 13.0 Å². The van der Waals surface area contributed by atoms with E-state index >= 15 is 0 Å². The van der Waals surface area contributed by atoms with Crippen LogP contribution in [0.15, 0.2) is 54.0 Å². The zero-order valence-corrected chi connectivity index (χ0v) is 15.7. The average molecular weight is 385 g/mol. The summed E-state index contributed by atoms with van der Waals surface area (Å²) in [5, 5.41) is 8.94. The molecule has 8 heteroatoms. The maximum atomic E-state index is 12.3. The highest BCUT2D eigenvalue weighted by Crippen LogP contribution is 2.20. The number of hydrogen-bond donors (Lipinski definition) is 1. The van der Waals surface area contributed by atoms with Gasteiger partial charge in [-0.05, 0) is 30.5 Å². The van der Waals surface area contributed by atoms with Crippen molar-refractivity contribution in [3.63, 3.8) is 0 Å². The van der Waals surface area contributed by atoms with Gasteiger partial charge in [0.2, 0.25) is 5.69 Å². The number of methoxy groups -OCH3 is 1. The van der Waals surface area contributed by atoms with Crippen LogP contribution in [-0.2, 0) is 9.53 Å². The summed E-state index contributed by atoms with van der Waals surface area (Å²) in [5.41, 5.74) is 0.790. The van der Waals surface area contributed by atoms with E-state index < -0.39 is 12.6 Å². The van der Waals surface area contributed by atoms with E-state index in [0.717, 1.165) is 10.6 Å². The van der Waals surface area contributed by atoms with E-state index in [1.807, 2.05) is 54.8 Å². The Hall–Kier alpha value is -3.13. The first-order valence-electron chi connectivity index (χ1n) is 8.27. The summed E-state index contributed by atoms with van der Waals surface area (Å²) in [6.07, 6.45) is 1.59. The number of amides is 1. The number of thiophene rings is 1. The smallest absolute Gasteiger partial charge is 0.363 e. The molecule has 1 atom stereocenters. The number of nitrogens with one attached hydrogen (secondary N) is 1. The fourth-order valence-electron chi connectivity index (χ4n) is 2.45. The van der Waals surface area contributed by atoms with E-state index in [9.17, 15) is 9.59 Å². The van der Waals surface area contributed by atoms with Crippen LogP contribution in [0, 0.1) is 0 Å². The van der Waals surface area contributed by atoms with Crippen molar-refractivity contribution in [1.29, 1.82) is 0 Å². The molecule has 0 fully saturated rings. The van der Waals surface area contributed by atoms with Crippen molar-refractivity contribution in [3.05, 3.63) is 64.6 Å². The molecular formula is C19H19N3O4S. The van der Waals surface area contributed by atoms with Crippen LogP contribution in [0.5, 0.6) is 5.75 Å². The highest BCUT2D eigenvalue weighted by atomic mass is 32.1. The summed E-state index contributed by atoms with van der Waals surface area (Å²) in [6, 6.07) is 13.0. The van der Waals surface area contributed by atoms with Gasteiger partial charge < -0.3 is 14.8 Å². The Morgan fingerprint density at radius 3 is 2.67 bits per heavy atom. The molecule has 7 nitrogen and oxygen atoms in total. The number of esters is 1. The van der Waals surface area contributed by atoms with Crippen LogP contribution in [0.3, 0.4) is 0 Å². The second-order valence-corrected chi connectivity index (χ2v) is 6.69. The van der Waals surface area contributed by atoms with Crippen LogP contribution in [0.4, 0.5) is 0 Å². The number of carbonyl (C=O) groups excluding carboxylic acids is 2. The van der Waals surface area contributed by atoms with Gasteiger partial charge in [-0.1, -0.05) is 24.3 Å². The largest absolute Gasteiger partial charge is 0.493 e. The van der Waals surface area contributed by atoms with Gasteiger partial charge in [0.05, 0.1) is 25.0 Å². The highest BCUT2D eigenvalue weighted by molar-refractivity contribution is 7.10. The normalized spacial score (nSPS) is 11.6. The molecule has 0 radical (unpaired) electrons. The molecule has 1 amide bonds. The Labute approximate surface area is 160 Å². The highest BCUT2D eigenvalue weighted by Gasteiger charge is 2.21. The summed E-state index contributed by atoms with van der Waals surface area (Å²) in [7, 11) is 1.44. The first-order valence-corrected chi connectivity index (χ1v) is 9.15. The molecule has 1 N–H and O–H groups in total. The van der Waals surface area contributed by atoms with E-state index in [2.05, 4.69) is 10.4 Å². The van der Waals surface area contributed by atoms with E-state index in [4.69, 9.17) is 9.47 Å². The number of carbonyl (C=O) groups is 2. The third kappa shape index (κ3) is 4.53. The minimum absolute atomic E-state index is 0.0143. The van der Waals surface area contributed by atoms with Gasteiger partial charge in [-0.3, -0.25) is 4.79 Å². The van der Waals surface area contributed by atoms with Crippen LogP contribution in [0.1, 0.15) is 28.3 Å². The predicted molar refractivity (Wildman–Crippen MR) is 101 cm³/mol. The van der Waals surface area contributed by atoms with Crippen molar-refractivity contribution >= 4 is 23.2 Å². The van der Waals surface area contributed by atoms with Crippen molar-refractivity contribution < 1.29 is 19.1 Å². The lowest BCUT2D eigenvalue weighted by Crippen LogP contribution is -2.30. The number of rotatable bonds is 7. The number of para-hydroxylation sites is 1. The molecule has 0 spiro atoms. The number of aromatic nitrogens is 2. The zero-order valence-electron chi connectivity index (χ0n) is 14.9. The van der Waals surface area contributed by atoms with Gasteiger partial charge in [0.25, 0.3) is 5.91 Å². The Morgan fingerprint density at radius 1 is 1.22 bits per heavy atom. The molecule has 140 valence electrons. The van der Waals surface area contributed by atoms with E-state index in [1.165, 1.54) is 11.8 Å². The van der Waals surface area contributed by atoms with Crippen molar-refractivity contribution in [1.82, 2.24) is 15.1 Å². The Morgan fingerprint density at radius 2 is 2.00 bits per heavy atom. The Bertz CT molecular complexity index is 906. The summed E-state index contributed by atoms with van der Waals surface area (Å²) in [4.78, 5) is 25.4. The molecular weight excluding hydrogens is 366 g/mol. The van der Waals surface area contributed by atoms with Gasteiger partial charge in [0, 0.05) is 4.88 Å². The lowest BCUT2D eigenvalue weighted by Gasteiger charge is -2.12. The fourth-order valence-corrected chi connectivity index (χ4v) is 3.19. The topological polar surface area (TPSA) is 82.5 Å². The van der Waals surface area contributed by atoms with Crippen molar-refractivity contribution in [2.75, 3.05) is 13.7 Å². The van der Waals surface area contributed by atoms with E-state index in [1.54, 1.807) is 17.5 Å². The van der Waals surface area contributed by atoms with Crippen LogP contribution < -0.4 is 10.1 Å². The van der Waals surface area contributed by atoms with Crippen molar-refractivity contribution in [2.24, 2.45) is 0 Å². The van der Waals surface area contributed by atoms with E-state index in [0.29, 0.717) is 0 Å². The SMILES string of the molecule is COc1cn(-c2ccccc2)nc1C(=O)OCC(=O)N[C@@H](C)c1cccs1. The maximum Gasteiger partial charge on any atom is 0.363 e. The molecule has 1 aromatic carbocycles. The quantitative estimate of drug-likeness (QED) is 0.632. The van der Waals surface area contributed by atoms with Crippen LogP contribution in [-0.4, -0.2) is 35.4 Å². The van der Waals surface area contributed by atoms with Gasteiger partial charge in [-0.25, -0.2) is 9.48 Å². The third-order valence-corrected chi connectivity index (χ3v) is 4.85. The lowest BCUT2D eigenvalue weighted by atomic mass is 10.3. The number of nitrogens with zero attached hydrogens (tertiary/aromatic N) is 2. The molecule has 0 aliphatic heterocycles. The molecule has 2 heterocycles. The second-order valence-electron chi connectivity index (χ2n) is 5.71. The Balaban J connectivity index is 1.62. The van der Waals surface area contributed by atoms with Gasteiger partial charge in [-0.2, -0.15) is 5.10 Å². The summed E-state index contributed by atoms with van der Waals surface area (Å²) in [6.45, 7) is 1.48. The fraction of sp³-hybridized carbons (Fsp3) is 0.211. The number of benzene rings is 1. The molecule has 2 aromatic heterocycles. The predicted octanol–water partition coefficient (Wildman–Crippen LogP) is 2.98. The van der Waals surface area contributed by atoms with Crippen LogP contribution >= 0.6 is 11.3 Å². The van der Waals surface area contributed by atoms with Gasteiger partial charge >= 0.3 is 5.97 Å². The zero-order chi connectivity index (χ0) is 19.2. The molecule has 3 rings (SSSR count). The molecule has 0 unspecified atom stereocenters. The van der Waals surface area contributed by atoms with Gasteiger partial charge in [-0.15, -0.1) is 11.3 Å². The third-order valence-electron chi connectivity index (χ3n) is 3.80. The molecule has 3 aromatic rings. The molecule has 0 aliphatic carbocycles. The lowest BCUT2D eigenvalue weighted by molar-refractivity contribution is -0.124. The summed E-state index contributed by atoms with van der Waals surface area (Å²) >= 11 is 1.55. The van der Waals surface area contributed by atoms with Crippen LogP contribution in [0.25, 0.3) is 5.69 Å². The summed E-state index contributed by atoms with van der Waals surface area (Å²) < 4.78 is 11.8. The molecule has 0 saturated heterocycles. The minimum atomic E-state index is -0.722. The number of hydrogen-bond acceptors (Lipinski definition) is 6. The maximum absolute atomic E-state index is 12.3. The first-order chi connectivity index (χ1) is 13.1. The second kappa shape index (κ2) is 8.50. The van der Waals surface area contributed by atoms with Crippen molar-refractivity contribution in [3.8, 4) is 11.4 Å².